The highest BCUT2D eigenvalue weighted by atomic mass is 16.6. The minimum atomic E-state index is -0.506. The Morgan fingerprint density at radius 1 is 1.18 bits per heavy atom. The predicted octanol–water partition coefficient (Wildman–Crippen LogP) is 3.21. The van der Waals surface area contributed by atoms with Crippen molar-refractivity contribution in [1.29, 1.82) is 0 Å². The number of anilines is 2. The quantitative estimate of drug-likeness (QED) is 0.613. The van der Waals surface area contributed by atoms with Gasteiger partial charge in [-0.2, -0.15) is 0 Å². The van der Waals surface area contributed by atoms with Crippen LogP contribution >= 0.6 is 0 Å². The monoisotopic (exact) mass is 391 g/mol. The Hall–Kier alpha value is -2.44. The molecule has 28 heavy (non-hydrogen) atoms. The molecule has 0 saturated carbocycles. The molecule has 1 fully saturated rings. The lowest BCUT2D eigenvalue weighted by atomic mass is 10.1. The molecule has 1 atom stereocenters. The fourth-order valence-electron chi connectivity index (χ4n) is 3.02. The number of esters is 1. The maximum absolute atomic E-state index is 12.3. The van der Waals surface area contributed by atoms with Crippen molar-refractivity contribution in [2.75, 3.05) is 36.8 Å². The van der Waals surface area contributed by atoms with Crippen LogP contribution in [0.4, 0.5) is 16.2 Å². The number of piperazine rings is 1. The number of carbonyl (C=O) groups excluding carboxylic acids is 2. The van der Waals surface area contributed by atoms with Gasteiger partial charge in [-0.05, 0) is 57.9 Å². The zero-order valence-electron chi connectivity index (χ0n) is 17.7. The fourth-order valence-corrected chi connectivity index (χ4v) is 3.02. The summed E-state index contributed by atoms with van der Waals surface area (Å²) in [6, 6.07) is 5.59. The average Bonchev–Trinajstić information content (AvgIpc) is 2.60. The standard InChI is InChI=1S/C21H33N3O4/c1-6-15(2)27-19(25)14-16-13-17(22)7-8-18(16)23-9-11-24(12-10-23)20(26)28-21(3,4)5/h7-8,13,15H,6,9-12,14,22H2,1-5H3/t15-/m1/s1. The number of nitrogen functional groups attached to an aromatic ring is 1. The summed E-state index contributed by atoms with van der Waals surface area (Å²) >= 11 is 0. The summed E-state index contributed by atoms with van der Waals surface area (Å²) in [4.78, 5) is 28.4. The van der Waals surface area contributed by atoms with E-state index >= 15 is 0 Å². The van der Waals surface area contributed by atoms with Crippen LogP contribution in [0.5, 0.6) is 0 Å². The van der Waals surface area contributed by atoms with E-state index in [2.05, 4.69) is 4.90 Å². The van der Waals surface area contributed by atoms with Crippen molar-refractivity contribution in [3.8, 4) is 0 Å². The van der Waals surface area contributed by atoms with Gasteiger partial charge in [0.2, 0.25) is 0 Å². The number of nitrogens with zero attached hydrogens (tertiary/aromatic N) is 2. The third-order valence-corrected chi connectivity index (χ3v) is 4.62. The van der Waals surface area contributed by atoms with Crippen LogP contribution in [0, 0.1) is 0 Å². The molecule has 0 radical (unpaired) electrons. The highest BCUT2D eigenvalue weighted by Gasteiger charge is 2.27. The Morgan fingerprint density at radius 2 is 1.82 bits per heavy atom. The van der Waals surface area contributed by atoms with E-state index in [9.17, 15) is 9.59 Å². The van der Waals surface area contributed by atoms with Gasteiger partial charge < -0.3 is 25.0 Å². The van der Waals surface area contributed by atoms with Gasteiger partial charge in [-0.3, -0.25) is 4.79 Å². The molecular formula is C21H33N3O4. The molecule has 1 aliphatic heterocycles. The highest BCUT2D eigenvalue weighted by molar-refractivity contribution is 5.77. The highest BCUT2D eigenvalue weighted by Crippen LogP contribution is 2.26. The van der Waals surface area contributed by atoms with Crippen molar-refractivity contribution in [1.82, 2.24) is 4.90 Å². The molecule has 2 N–H and O–H groups in total. The van der Waals surface area contributed by atoms with Crippen LogP contribution in [0.25, 0.3) is 0 Å². The lowest BCUT2D eigenvalue weighted by Gasteiger charge is -2.37. The largest absolute Gasteiger partial charge is 0.462 e. The molecule has 7 heteroatoms. The fraction of sp³-hybridized carbons (Fsp3) is 0.619. The Balaban J connectivity index is 2.04. The Kier molecular flexibility index (Phi) is 7.16. The van der Waals surface area contributed by atoms with E-state index in [0.29, 0.717) is 31.9 Å². The molecule has 1 aliphatic rings. The molecule has 0 spiro atoms. The van der Waals surface area contributed by atoms with Crippen LogP contribution < -0.4 is 10.6 Å². The molecule has 1 saturated heterocycles. The molecule has 1 aromatic carbocycles. The minimum Gasteiger partial charge on any atom is -0.462 e. The Labute approximate surface area is 167 Å². The summed E-state index contributed by atoms with van der Waals surface area (Å²) in [7, 11) is 0. The topological polar surface area (TPSA) is 85.1 Å². The van der Waals surface area contributed by atoms with Crippen LogP contribution in [0.3, 0.4) is 0 Å². The molecule has 2 rings (SSSR count). The van der Waals surface area contributed by atoms with E-state index in [1.165, 1.54) is 0 Å². The van der Waals surface area contributed by atoms with E-state index in [0.717, 1.165) is 17.7 Å². The van der Waals surface area contributed by atoms with Gasteiger partial charge in [-0.25, -0.2) is 4.79 Å². The van der Waals surface area contributed by atoms with Crippen molar-refractivity contribution in [2.24, 2.45) is 0 Å². The van der Waals surface area contributed by atoms with Gasteiger partial charge in [0.1, 0.15) is 5.60 Å². The van der Waals surface area contributed by atoms with Crippen molar-refractivity contribution in [3.05, 3.63) is 23.8 Å². The normalized spacial score (nSPS) is 15.9. The lowest BCUT2D eigenvalue weighted by Crippen LogP contribution is -2.50. The van der Waals surface area contributed by atoms with Crippen LogP contribution in [0.2, 0.25) is 0 Å². The van der Waals surface area contributed by atoms with E-state index < -0.39 is 5.60 Å². The van der Waals surface area contributed by atoms with Gasteiger partial charge >= 0.3 is 12.1 Å². The van der Waals surface area contributed by atoms with Gasteiger partial charge in [0.15, 0.2) is 0 Å². The lowest BCUT2D eigenvalue weighted by molar-refractivity contribution is -0.147. The van der Waals surface area contributed by atoms with Crippen molar-refractivity contribution < 1.29 is 19.1 Å². The number of ether oxygens (including phenoxy) is 2. The summed E-state index contributed by atoms with van der Waals surface area (Å²) in [5.41, 5.74) is 7.85. The maximum atomic E-state index is 12.3. The zero-order chi connectivity index (χ0) is 20.9. The summed E-state index contributed by atoms with van der Waals surface area (Å²) in [6.45, 7) is 11.9. The number of nitrogens with two attached hydrogens (primary N) is 1. The second-order valence-electron chi connectivity index (χ2n) is 8.23. The first-order valence-corrected chi connectivity index (χ1v) is 9.89. The zero-order valence-corrected chi connectivity index (χ0v) is 17.7. The third kappa shape index (κ3) is 6.32. The van der Waals surface area contributed by atoms with Gasteiger partial charge in [0.05, 0.1) is 12.5 Å². The molecule has 0 unspecified atom stereocenters. The van der Waals surface area contributed by atoms with Crippen molar-refractivity contribution in [3.63, 3.8) is 0 Å². The maximum Gasteiger partial charge on any atom is 0.410 e. The van der Waals surface area contributed by atoms with E-state index in [1.807, 2.05) is 52.8 Å². The molecule has 7 nitrogen and oxygen atoms in total. The number of amides is 1. The average molecular weight is 392 g/mol. The first kappa shape index (κ1) is 21.9. The number of carbonyl (C=O) groups is 2. The van der Waals surface area contributed by atoms with Gasteiger partial charge in [0, 0.05) is 37.6 Å². The van der Waals surface area contributed by atoms with Crippen molar-refractivity contribution in [2.45, 2.75) is 59.2 Å². The van der Waals surface area contributed by atoms with Gasteiger partial charge in [-0.15, -0.1) is 0 Å². The number of benzene rings is 1. The summed E-state index contributed by atoms with van der Waals surface area (Å²) < 4.78 is 10.9. The second kappa shape index (κ2) is 9.17. The molecule has 1 aromatic rings. The van der Waals surface area contributed by atoms with E-state index in [4.69, 9.17) is 15.2 Å². The number of hydrogen-bond acceptors (Lipinski definition) is 6. The minimum absolute atomic E-state index is 0.102. The summed E-state index contributed by atoms with van der Waals surface area (Å²) in [6.07, 6.45) is 0.565. The van der Waals surface area contributed by atoms with Crippen LogP contribution in [0.1, 0.15) is 46.6 Å². The molecule has 1 heterocycles. The van der Waals surface area contributed by atoms with E-state index in [-0.39, 0.29) is 24.6 Å². The molecule has 0 bridgehead atoms. The van der Waals surface area contributed by atoms with Gasteiger partial charge in [-0.1, -0.05) is 6.92 Å². The van der Waals surface area contributed by atoms with E-state index in [1.54, 1.807) is 4.90 Å². The molecule has 0 aliphatic carbocycles. The summed E-state index contributed by atoms with van der Waals surface area (Å²) in [5.74, 6) is -0.256. The van der Waals surface area contributed by atoms with Gasteiger partial charge in [0.25, 0.3) is 0 Å². The first-order chi connectivity index (χ1) is 13.1. The first-order valence-electron chi connectivity index (χ1n) is 9.89. The third-order valence-electron chi connectivity index (χ3n) is 4.62. The molecule has 0 aromatic heterocycles. The number of rotatable bonds is 5. The Bertz CT molecular complexity index is 691. The SMILES string of the molecule is CC[C@@H](C)OC(=O)Cc1cc(N)ccc1N1CCN(C(=O)OC(C)(C)C)CC1. The molecule has 156 valence electrons. The number of hydrogen-bond donors (Lipinski definition) is 1. The predicted molar refractivity (Wildman–Crippen MR) is 110 cm³/mol. The molecule has 1 amide bonds. The van der Waals surface area contributed by atoms with Crippen LogP contribution in [-0.4, -0.2) is 54.8 Å². The van der Waals surface area contributed by atoms with Crippen LogP contribution in [-0.2, 0) is 20.7 Å². The van der Waals surface area contributed by atoms with Crippen LogP contribution in [0.15, 0.2) is 18.2 Å². The Morgan fingerprint density at radius 3 is 2.39 bits per heavy atom. The smallest absolute Gasteiger partial charge is 0.410 e. The summed E-state index contributed by atoms with van der Waals surface area (Å²) in [5, 5.41) is 0. The van der Waals surface area contributed by atoms with Crippen molar-refractivity contribution >= 4 is 23.4 Å². The molecular weight excluding hydrogens is 358 g/mol. The second-order valence-corrected chi connectivity index (χ2v) is 8.23.